The van der Waals surface area contributed by atoms with Gasteiger partial charge in [0.1, 0.15) is 5.60 Å². The molecule has 0 amide bonds. The van der Waals surface area contributed by atoms with Crippen LogP contribution in [0.3, 0.4) is 0 Å². The molecule has 0 aromatic heterocycles. The fraction of sp³-hybridized carbons (Fsp3) is 0.846. The molecule has 0 heterocycles. The van der Waals surface area contributed by atoms with Gasteiger partial charge in [-0.1, -0.05) is 25.0 Å². The normalized spacial score (nSPS) is 33.7. The Morgan fingerprint density at radius 1 is 1.13 bits per heavy atom. The molecule has 1 fully saturated rings. The van der Waals surface area contributed by atoms with E-state index in [2.05, 4.69) is 6.08 Å². The van der Waals surface area contributed by atoms with Gasteiger partial charge in [-0.15, -0.1) is 0 Å². The fourth-order valence-corrected chi connectivity index (χ4v) is 2.86. The number of allylic oxidation sites excluding steroid dienone is 1. The first-order chi connectivity index (χ1) is 7.18. The van der Waals surface area contributed by atoms with Gasteiger partial charge in [0.25, 0.3) is 0 Å². The van der Waals surface area contributed by atoms with Gasteiger partial charge in [-0.3, -0.25) is 0 Å². The minimum atomic E-state index is -0.691. The first-order valence-electron chi connectivity index (χ1n) is 6.19. The third-order valence-electron chi connectivity index (χ3n) is 3.96. The van der Waals surface area contributed by atoms with Crippen molar-refractivity contribution in [3.05, 3.63) is 12.2 Å². The van der Waals surface area contributed by atoms with E-state index >= 15 is 0 Å². The molecular weight excluding hydrogens is 188 g/mol. The van der Waals surface area contributed by atoms with Crippen molar-refractivity contribution in [3.8, 4) is 0 Å². The Kier molecular flexibility index (Phi) is 3.17. The maximum atomic E-state index is 10.2. The van der Waals surface area contributed by atoms with Crippen molar-refractivity contribution in [2.75, 3.05) is 13.2 Å². The maximum absolute atomic E-state index is 10.2. The van der Waals surface area contributed by atoms with Crippen molar-refractivity contribution in [2.24, 2.45) is 5.41 Å². The van der Waals surface area contributed by atoms with Crippen LogP contribution >= 0.6 is 0 Å². The second-order valence-electron chi connectivity index (χ2n) is 5.14. The highest BCUT2D eigenvalue weighted by Crippen LogP contribution is 2.47. The van der Waals surface area contributed by atoms with Gasteiger partial charge in [0, 0.05) is 6.61 Å². The average molecular weight is 210 g/mol. The highest BCUT2D eigenvalue weighted by molar-refractivity contribution is 5.14. The molecule has 1 spiro atoms. The molecule has 0 aliphatic heterocycles. The van der Waals surface area contributed by atoms with Gasteiger partial charge in [-0.05, 0) is 38.0 Å². The molecule has 0 aromatic rings. The van der Waals surface area contributed by atoms with Gasteiger partial charge in [0.05, 0.1) is 6.61 Å². The summed E-state index contributed by atoms with van der Waals surface area (Å²) in [5.74, 6) is 0. The zero-order chi connectivity index (χ0) is 10.8. The van der Waals surface area contributed by atoms with Gasteiger partial charge in [0.15, 0.2) is 0 Å². The minimum absolute atomic E-state index is 0.429. The molecule has 2 rings (SSSR count). The fourth-order valence-electron chi connectivity index (χ4n) is 2.86. The van der Waals surface area contributed by atoms with Crippen molar-refractivity contribution < 1.29 is 9.84 Å². The molecule has 0 saturated heterocycles. The van der Waals surface area contributed by atoms with E-state index in [9.17, 15) is 5.11 Å². The van der Waals surface area contributed by atoms with Crippen LogP contribution in [0.25, 0.3) is 0 Å². The molecule has 86 valence electrons. The summed E-state index contributed by atoms with van der Waals surface area (Å²) in [5, 5.41) is 10.2. The van der Waals surface area contributed by atoms with Crippen LogP contribution in [0.1, 0.15) is 45.4 Å². The third-order valence-corrected chi connectivity index (χ3v) is 3.96. The molecule has 1 saturated carbocycles. The average Bonchev–Trinajstić information content (AvgIpc) is 2.70. The zero-order valence-corrected chi connectivity index (χ0v) is 9.67. The molecular formula is C13H22O2. The predicted octanol–water partition coefficient (Wildman–Crippen LogP) is 2.66. The van der Waals surface area contributed by atoms with Crippen molar-refractivity contribution in [1.29, 1.82) is 0 Å². The second-order valence-corrected chi connectivity index (χ2v) is 5.14. The number of hydrogen-bond donors (Lipinski definition) is 1. The van der Waals surface area contributed by atoms with Crippen molar-refractivity contribution >= 4 is 0 Å². The van der Waals surface area contributed by atoms with E-state index in [4.69, 9.17) is 4.74 Å². The van der Waals surface area contributed by atoms with Crippen LogP contribution in [0.5, 0.6) is 0 Å². The topological polar surface area (TPSA) is 29.5 Å². The molecule has 1 atom stereocenters. The van der Waals surface area contributed by atoms with Crippen molar-refractivity contribution in [2.45, 2.75) is 51.0 Å². The van der Waals surface area contributed by atoms with Gasteiger partial charge in [0.2, 0.25) is 0 Å². The predicted molar refractivity (Wildman–Crippen MR) is 60.7 cm³/mol. The zero-order valence-electron chi connectivity index (χ0n) is 9.67. The Morgan fingerprint density at radius 2 is 1.87 bits per heavy atom. The third kappa shape index (κ3) is 2.43. The Morgan fingerprint density at radius 3 is 2.40 bits per heavy atom. The summed E-state index contributed by atoms with van der Waals surface area (Å²) in [4.78, 5) is 0. The summed E-state index contributed by atoms with van der Waals surface area (Å²) in [7, 11) is 0. The number of rotatable bonds is 3. The summed E-state index contributed by atoms with van der Waals surface area (Å²) < 4.78 is 5.33. The number of aliphatic hydroxyl groups is 1. The maximum Gasteiger partial charge on any atom is 0.106 e. The van der Waals surface area contributed by atoms with E-state index in [-0.39, 0.29) is 0 Å². The molecule has 2 aliphatic rings. The Bertz CT molecular complexity index is 241. The smallest absolute Gasteiger partial charge is 0.106 e. The van der Waals surface area contributed by atoms with E-state index in [0.29, 0.717) is 18.6 Å². The lowest BCUT2D eigenvalue weighted by Gasteiger charge is -2.36. The molecule has 15 heavy (non-hydrogen) atoms. The molecule has 1 N–H and O–H groups in total. The SMILES string of the molecule is CCOCC1(O)C=CC2(CCCC2)CC1. The molecule has 0 radical (unpaired) electrons. The molecule has 0 aromatic carbocycles. The molecule has 2 heteroatoms. The summed E-state index contributed by atoms with van der Waals surface area (Å²) >= 11 is 0. The lowest BCUT2D eigenvalue weighted by atomic mass is 9.73. The quantitative estimate of drug-likeness (QED) is 0.726. The van der Waals surface area contributed by atoms with Crippen molar-refractivity contribution in [1.82, 2.24) is 0 Å². The molecule has 2 nitrogen and oxygen atoms in total. The molecule has 1 unspecified atom stereocenters. The Balaban J connectivity index is 1.97. The standard InChI is InChI=1S/C13H22O2/c1-2-15-11-13(14)9-7-12(8-10-13)5-3-4-6-12/h7,9,14H,2-6,8,10-11H2,1H3. The summed E-state index contributed by atoms with van der Waals surface area (Å²) in [6.45, 7) is 3.10. The minimum Gasteiger partial charge on any atom is -0.383 e. The van der Waals surface area contributed by atoms with Crippen molar-refractivity contribution in [3.63, 3.8) is 0 Å². The van der Waals surface area contributed by atoms with Crippen LogP contribution in [0.4, 0.5) is 0 Å². The van der Waals surface area contributed by atoms with E-state index in [1.807, 2.05) is 13.0 Å². The van der Waals surface area contributed by atoms with Gasteiger partial charge in [-0.25, -0.2) is 0 Å². The first kappa shape index (κ1) is 11.2. The largest absolute Gasteiger partial charge is 0.383 e. The molecule has 2 aliphatic carbocycles. The van der Waals surface area contributed by atoms with Crippen LogP contribution in [0.15, 0.2) is 12.2 Å². The van der Waals surface area contributed by atoms with Crippen LogP contribution in [-0.2, 0) is 4.74 Å². The summed E-state index contributed by atoms with van der Waals surface area (Å²) in [6.07, 6.45) is 11.6. The monoisotopic (exact) mass is 210 g/mol. The van der Waals surface area contributed by atoms with Crippen LogP contribution in [0.2, 0.25) is 0 Å². The lowest BCUT2D eigenvalue weighted by molar-refractivity contribution is -0.0265. The highest BCUT2D eigenvalue weighted by atomic mass is 16.5. The number of ether oxygens (including phenoxy) is 1. The Labute approximate surface area is 92.3 Å². The van der Waals surface area contributed by atoms with E-state index in [0.717, 1.165) is 12.8 Å². The summed E-state index contributed by atoms with van der Waals surface area (Å²) in [6, 6.07) is 0. The van der Waals surface area contributed by atoms with E-state index < -0.39 is 5.60 Å². The van der Waals surface area contributed by atoms with Gasteiger partial charge in [-0.2, -0.15) is 0 Å². The second kappa shape index (κ2) is 4.26. The van der Waals surface area contributed by atoms with E-state index in [1.54, 1.807) is 0 Å². The van der Waals surface area contributed by atoms with Crippen LogP contribution in [0, 0.1) is 5.41 Å². The first-order valence-corrected chi connectivity index (χ1v) is 6.19. The lowest BCUT2D eigenvalue weighted by Crippen LogP contribution is -2.37. The van der Waals surface area contributed by atoms with Crippen LogP contribution in [-0.4, -0.2) is 23.9 Å². The van der Waals surface area contributed by atoms with Gasteiger partial charge >= 0.3 is 0 Å². The van der Waals surface area contributed by atoms with Gasteiger partial charge < -0.3 is 9.84 Å². The molecule has 0 bridgehead atoms. The summed E-state index contributed by atoms with van der Waals surface area (Å²) in [5.41, 5.74) is -0.262. The highest BCUT2D eigenvalue weighted by Gasteiger charge is 2.38. The number of hydrogen-bond acceptors (Lipinski definition) is 2. The Hall–Kier alpha value is -0.340. The van der Waals surface area contributed by atoms with Crippen LogP contribution < -0.4 is 0 Å². The van der Waals surface area contributed by atoms with E-state index in [1.165, 1.54) is 25.7 Å².